The topological polar surface area (TPSA) is 64.7 Å². The molecule has 3 rings (SSSR count). The molecular formula is C14H12N4S. The number of aryl methyl sites for hydroxylation is 1. The summed E-state index contributed by atoms with van der Waals surface area (Å²) in [5.41, 5.74) is 9.60. The van der Waals surface area contributed by atoms with Gasteiger partial charge in [-0.3, -0.25) is 9.97 Å². The lowest BCUT2D eigenvalue weighted by Crippen LogP contribution is -1.87. The quantitative estimate of drug-likeness (QED) is 0.775. The molecule has 3 heterocycles. The van der Waals surface area contributed by atoms with Crippen LogP contribution in [-0.4, -0.2) is 15.0 Å². The molecule has 0 atom stereocenters. The van der Waals surface area contributed by atoms with Gasteiger partial charge in [-0.2, -0.15) is 0 Å². The zero-order valence-corrected chi connectivity index (χ0v) is 11.2. The van der Waals surface area contributed by atoms with Gasteiger partial charge >= 0.3 is 0 Å². The predicted octanol–water partition coefficient (Wildman–Crippen LogP) is 3.16. The minimum Gasteiger partial charge on any atom is -0.375 e. The van der Waals surface area contributed by atoms with Crippen molar-refractivity contribution < 1.29 is 0 Å². The molecule has 0 aliphatic rings. The summed E-state index contributed by atoms with van der Waals surface area (Å²) in [4.78, 5) is 14.0. The van der Waals surface area contributed by atoms with E-state index in [-0.39, 0.29) is 0 Å². The number of aromatic nitrogens is 3. The van der Waals surface area contributed by atoms with Gasteiger partial charge in [0.05, 0.1) is 16.3 Å². The van der Waals surface area contributed by atoms with Gasteiger partial charge in [0.15, 0.2) is 5.13 Å². The maximum absolute atomic E-state index is 5.86. The molecule has 3 aromatic heterocycles. The van der Waals surface area contributed by atoms with Gasteiger partial charge in [-0.05, 0) is 31.2 Å². The summed E-state index contributed by atoms with van der Waals surface area (Å²) in [6.07, 6.45) is 3.50. The van der Waals surface area contributed by atoms with E-state index in [2.05, 4.69) is 15.0 Å². The first-order valence-electron chi connectivity index (χ1n) is 5.85. The van der Waals surface area contributed by atoms with Crippen molar-refractivity contribution in [1.29, 1.82) is 0 Å². The van der Waals surface area contributed by atoms with E-state index < -0.39 is 0 Å². The van der Waals surface area contributed by atoms with Gasteiger partial charge in [0.2, 0.25) is 0 Å². The first-order chi connectivity index (χ1) is 9.24. The molecule has 19 heavy (non-hydrogen) atoms. The maximum atomic E-state index is 5.86. The second kappa shape index (κ2) is 4.78. The normalized spacial score (nSPS) is 10.6. The van der Waals surface area contributed by atoms with Crippen LogP contribution in [0.4, 0.5) is 5.13 Å². The van der Waals surface area contributed by atoms with Gasteiger partial charge < -0.3 is 5.73 Å². The molecule has 0 aliphatic heterocycles. The lowest BCUT2D eigenvalue weighted by atomic mass is 10.1. The van der Waals surface area contributed by atoms with Gasteiger partial charge in [-0.25, -0.2) is 4.98 Å². The van der Waals surface area contributed by atoms with E-state index in [1.807, 2.05) is 37.3 Å². The summed E-state index contributed by atoms with van der Waals surface area (Å²) in [5, 5.41) is 0.546. The lowest BCUT2D eigenvalue weighted by molar-refractivity contribution is 1.21. The average molecular weight is 268 g/mol. The van der Waals surface area contributed by atoms with E-state index >= 15 is 0 Å². The third-order valence-corrected chi connectivity index (χ3v) is 3.63. The second-order valence-corrected chi connectivity index (χ2v) is 5.16. The molecule has 5 heteroatoms. The van der Waals surface area contributed by atoms with E-state index in [1.54, 1.807) is 12.4 Å². The van der Waals surface area contributed by atoms with Crippen LogP contribution in [0.25, 0.3) is 21.8 Å². The van der Waals surface area contributed by atoms with Crippen molar-refractivity contribution in [3.63, 3.8) is 0 Å². The minimum atomic E-state index is 0.546. The van der Waals surface area contributed by atoms with Crippen LogP contribution in [0.15, 0.2) is 42.7 Å². The van der Waals surface area contributed by atoms with Crippen LogP contribution in [0, 0.1) is 6.92 Å². The molecule has 4 nitrogen and oxygen atoms in total. The van der Waals surface area contributed by atoms with Gasteiger partial charge in [0.25, 0.3) is 0 Å². The number of nitrogens with two attached hydrogens (primary N) is 1. The van der Waals surface area contributed by atoms with Crippen molar-refractivity contribution in [3.8, 4) is 21.8 Å². The highest BCUT2D eigenvalue weighted by Crippen LogP contribution is 2.36. The van der Waals surface area contributed by atoms with Crippen molar-refractivity contribution in [2.75, 3.05) is 5.73 Å². The van der Waals surface area contributed by atoms with Crippen LogP contribution in [-0.2, 0) is 0 Å². The number of thiazole rings is 1. The molecule has 0 radical (unpaired) electrons. The number of hydrogen-bond donors (Lipinski definition) is 1. The van der Waals surface area contributed by atoms with Crippen LogP contribution in [0.3, 0.4) is 0 Å². The predicted molar refractivity (Wildman–Crippen MR) is 77.7 cm³/mol. The van der Waals surface area contributed by atoms with Crippen molar-refractivity contribution in [3.05, 3.63) is 48.4 Å². The molecule has 0 saturated heterocycles. The molecule has 0 fully saturated rings. The Morgan fingerprint density at radius 2 is 1.84 bits per heavy atom. The van der Waals surface area contributed by atoms with Crippen LogP contribution >= 0.6 is 11.3 Å². The number of pyridine rings is 2. The fourth-order valence-corrected chi connectivity index (χ4v) is 2.71. The van der Waals surface area contributed by atoms with Crippen molar-refractivity contribution in [2.24, 2.45) is 0 Å². The molecule has 0 saturated carbocycles. The molecule has 0 unspecified atom stereocenters. The molecule has 0 amide bonds. The Bertz CT molecular complexity index is 706. The van der Waals surface area contributed by atoms with Gasteiger partial charge in [0, 0.05) is 23.7 Å². The summed E-state index contributed by atoms with van der Waals surface area (Å²) >= 11 is 1.45. The maximum Gasteiger partial charge on any atom is 0.181 e. The molecule has 3 aromatic rings. The molecule has 0 spiro atoms. The van der Waals surface area contributed by atoms with Gasteiger partial charge in [-0.1, -0.05) is 17.4 Å². The van der Waals surface area contributed by atoms with Crippen molar-refractivity contribution in [2.45, 2.75) is 6.92 Å². The second-order valence-electron chi connectivity index (χ2n) is 4.13. The zero-order chi connectivity index (χ0) is 13.2. The molecule has 0 aliphatic carbocycles. The Balaban J connectivity index is 2.18. The van der Waals surface area contributed by atoms with Gasteiger partial charge in [-0.15, -0.1) is 0 Å². The summed E-state index contributed by atoms with van der Waals surface area (Å²) in [6.45, 7) is 1.97. The highest BCUT2D eigenvalue weighted by Gasteiger charge is 2.14. The van der Waals surface area contributed by atoms with E-state index in [0.717, 1.165) is 27.5 Å². The highest BCUT2D eigenvalue weighted by atomic mass is 32.1. The monoisotopic (exact) mass is 268 g/mol. The largest absolute Gasteiger partial charge is 0.375 e. The molecule has 0 bridgehead atoms. The standard InChI is InChI=1S/C14H12N4S/c1-9-3-2-4-11(17-9)13-12(18-14(15)19-13)10-5-7-16-8-6-10/h2-8H,1H3,(H2,15,18). The molecule has 2 N–H and O–H groups in total. The van der Waals surface area contributed by atoms with E-state index in [0.29, 0.717) is 5.13 Å². The smallest absolute Gasteiger partial charge is 0.181 e. The average Bonchev–Trinajstić information content (AvgIpc) is 2.82. The molecule has 94 valence electrons. The van der Waals surface area contributed by atoms with Crippen molar-refractivity contribution in [1.82, 2.24) is 15.0 Å². The van der Waals surface area contributed by atoms with Gasteiger partial charge in [0.1, 0.15) is 0 Å². The Morgan fingerprint density at radius 1 is 1.05 bits per heavy atom. The summed E-state index contributed by atoms with van der Waals surface area (Å²) < 4.78 is 0. The summed E-state index contributed by atoms with van der Waals surface area (Å²) in [5.74, 6) is 0. The number of nitrogen functional groups attached to an aromatic ring is 1. The first-order valence-corrected chi connectivity index (χ1v) is 6.66. The molecular weight excluding hydrogens is 256 g/mol. The summed E-state index contributed by atoms with van der Waals surface area (Å²) in [6, 6.07) is 9.79. The highest BCUT2D eigenvalue weighted by molar-refractivity contribution is 7.19. The van der Waals surface area contributed by atoms with Crippen LogP contribution in [0.2, 0.25) is 0 Å². The van der Waals surface area contributed by atoms with Crippen LogP contribution in [0.1, 0.15) is 5.69 Å². The Morgan fingerprint density at radius 3 is 2.58 bits per heavy atom. The third kappa shape index (κ3) is 2.32. The summed E-state index contributed by atoms with van der Waals surface area (Å²) in [7, 11) is 0. The lowest BCUT2D eigenvalue weighted by Gasteiger charge is -2.02. The van der Waals surface area contributed by atoms with E-state index in [1.165, 1.54) is 11.3 Å². The van der Waals surface area contributed by atoms with Crippen LogP contribution < -0.4 is 5.73 Å². The number of rotatable bonds is 2. The zero-order valence-electron chi connectivity index (χ0n) is 10.4. The number of nitrogens with zero attached hydrogens (tertiary/aromatic N) is 3. The number of hydrogen-bond acceptors (Lipinski definition) is 5. The van der Waals surface area contributed by atoms with Crippen LogP contribution in [0.5, 0.6) is 0 Å². The third-order valence-electron chi connectivity index (χ3n) is 2.72. The van der Waals surface area contributed by atoms with E-state index in [9.17, 15) is 0 Å². The van der Waals surface area contributed by atoms with E-state index in [4.69, 9.17) is 5.73 Å². The Labute approximate surface area is 115 Å². The Hall–Kier alpha value is -2.27. The molecule has 0 aromatic carbocycles. The fraction of sp³-hybridized carbons (Fsp3) is 0.0714. The van der Waals surface area contributed by atoms with Crippen molar-refractivity contribution >= 4 is 16.5 Å². The minimum absolute atomic E-state index is 0.546. The fourth-order valence-electron chi connectivity index (χ4n) is 1.89. The SMILES string of the molecule is Cc1cccc(-c2sc(N)nc2-c2ccncc2)n1. The first kappa shape index (κ1) is 11.8. The Kier molecular flexibility index (Phi) is 2.97. The number of anilines is 1.